The number of carbonyl (C=O) groups excluding carboxylic acids is 1. The van der Waals surface area contributed by atoms with Gasteiger partial charge in [-0.1, -0.05) is 29.8 Å². The molecule has 134 valence electrons. The van der Waals surface area contributed by atoms with Crippen molar-refractivity contribution in [3.8, 4) is 0 Å². The zero-order chi connectivity index (χ0) is 17.1. The topological polar surface area (TPSA) is 46.3 Å². The summed E-state index contributed by atoms with van der Waals surface area (Å²) < 4.78 is 0. The lowest BCUT2D eigenvalue weighted by atomic mass is 10.1. The highest BCUT2D eigenvalue weighted by molar-refractivity contribution is 7.98. The number of benzene rings is 2. The minimum Gasteiger partial charge on any atom is -0.337 e. The molecule has 1 atom stereocenters. The van der Waals surface area contributed by atoms with Crippen LogP contribution in [0.2, 0.25) is 0 Å². The molecular formula is C20H25ClN2OS. The minimum absolute atomic E-state index is 0. The van der Waals surface area contributed by atoms with Crippen molar-refractivity contribution in [1.82, 2.24) is 4.90 Å². The van der Waals surface area contributed by atoms with Gasteiger partial charge in [-0.15, -0.1) is 24.2 Å². The van der Waals surface area contributed by atoms with Gasteiger partial charge >= 0.3 is 0 Å². The van der Waals surface area contributed by atoms with E-state index in [1.165, 1.54) is 21.6 Å². The second-order valence-electron chi connectivity index (χ2n) is 6.56. The molecule has 0 radical (unpaired) electrons. The number of nitrogens with zero attached hydrogens (tertiary/aromatic N) is 1. The van der Waals surface area contributed by atoms with Crippen LogP contribution in [0, 0.1) is 13.8 Å². The molecular weight excluding hydrogens is 352 g/mol. The molecule has 0 unspecified atom stereocenters. The molecule has 1 saturated heterocycles. The fourth-order valence-electron chi connectivity index (χ4n) is 2.97. The summed E-state index contributed by atoms with van der Waals surface area (Å²) >= 11 is 1.82. The Morgan fingerprint density at radius 3 is 2.76 bits per heavy atom. The number of likely N-dealkylation sites (tertiary alicyclic amines) is 1. The molecule has 3 rings (SSSR count). The first-order chi connectivity index (χ1) is 11.5. The van der Waals surface area contributed by atoms with Gasteiger partial charge in [0.25, 0.3) is 5.91 Å². The summed E-state index contributed by atoms with van der Waals surface area (Å²) in [5.41, 5.74) is 10.4. The molecule has 1 aliphatic rings. The Balaban J connectivity index is 0.00000225. The van der Waals surface area contributed by atoms with E-state index in [2.05, 4.69) is 38.1 Å². The van der Waals surface area contributed by atoms with Gasteiger partial charge in [-0.25, -0.2) is 0 Å². The van der Waals surface area contributed by atoms with Crippen LogP contribution in [0.25, 0.3) is 0 Å². The van der Waals surface area contributed by atoms with E-state index >= 15 is 0 Å². The largest absolute Gasteiger partial charge is 0.337 e. The van der Waals surface area contributed by atoms with Crippen LogP contribution in [0.15, 0.2) is 47.4 Å². The van der Waals surface area contributed by atoms with E-state index in [9.17, 15) is 4.79 Å². The van der Waals surface area contributed by atoms with Crippen LogP contribution < -0.4 is 5.73 Å². The molecule has 1 aliphatic heterocycles. The van der Waals surface area contributed by atoms with Gasteiger partial charge in [0.2, 0.25) is 0 Å². The maximum absolute atomic E-state index is 12.6. The zero-order valence-corrected chi connectivity index (χ0v) is 16.3. The molecule has 0 bridgehead atoms. The highest BCUT2D eigenvalue weighted by Gasteiger charge is 2.24. The number of rotatable bonds is 4. The summed E-state index contributed by atoms with van der Waals surface area (Å²) in [7, 11) is 0. The van der Waals surface area contributed by atoms with E-state index < -0.39 is 0 Å². The van der Waals surface area contributed by atoms with Crippen molar-refractivity contribution in [1.29, 1.82) is 0 Å². The fourth-order valence-corrected chi connectivity index (χ4v) is 4.04. The fraction of sp³-hybridized carbons (Fsp3) is 0.350. The molecule has 0 aromatic heterocycles. The van der Waals surface area contributed by atoms with Crippen molar-refractivity contribution >= 4 is 30.1 Å². The van der Waals surface area contributed by atoms with Crippen molar-refractivity contribution in [2.45, 2.75) is 37.0 Å². The van der Waals surface area contributed by atoms with Crippen molar-refractivity contribution in [2.24, 2.45) is 5.73 Å². The average Bonchev–Trinajstić information content (AvgIpc) is 3.02. The Labute approximate surface area is 160 Å². The third kappa shape index (κ3) is 5.00. The average molecular weight is 377 g/mol. The first-order valence-electron chi connectivity index (χ1n) is 8.37. The smallest absolute Gasteiger partial charge is 0.253 e. The lowest BCUT2D eigenvalue weighted by molar-refractivity contribution is 0.0791. The van der Waals surface area contributed by atoms with E-state index in [1.807, 2.05) is 34.9 Å². The third-order valence-electron chi connectivity index (χ3n) is 4.42. The Hall–Kier alpha value is -1.49. The lowest BCUT2D eigenvalue weighted by Gasteiger charge is -2.16. The Morgan fingerprint density at radius 2 is 2.04 bits per heavy atom. The van der Waals surface area contributed by atoms with Crippen LogP contribution in [0.4, 0.5) is 0 Å². The molecule has 5 heteroatoms. The number of amides is 1. The van der Waals surface area contributed by atoms with Gasteiger partial charge in [0.05, 0.1) is 0 Å². The molecule has 3 nitrogen and oxygen atoms in total. The quantitative estimate of drug-likeness (QED) is 0.814. The molecule has 0 aliphatic carbocycles. The molecule has 0 spiro atoms. The zero-order valence-electron chi connectivity index (χ0n) is 14.7. The Kier molecular flexibility index (Phi) is 6.94. The summed E-state index contributed by atoms with van der Waals surface area (Å²) in [5.74, 6) is 0.965. The molecule has 1 heterocycles. The number of halogens is 1. The third-order valence-corrected chi connectivity index (χ3v) is 5.65. The first-order valence-corrected chi connectivity index (χ1v) is 9.35. The van der Waals surface area contributed by atoms with Gasteiger partial charge in [0.15, 0.2) is 0 Å². The van der Waals surface area contributed by atoms with Gasteiger partial charge in [0.1, 0.15) is 0 Å². The van der Waals surface area contributed by atoms with Crippen LogP contribution in [-0.4, -0.2) is 29.9 Å². The molecule has 1 fully saturated rings. The standard InChI is InChI=1S/C20H24N2OS.ClH/c1-14-6-7-15(2)19(10-14)24-13-16-4-3-5-17(11-16)20(23)22-9-8-18(21)12-22;/h3-7,10-11,18H,8-9,12-13,21H2,1-2H3;1H/t18-;/m1./s1. The van der Waals surface area contributed by atoms with Crippen LogP contribution in [0.5, 0.6) is 0 Å². The molecule has 25 heavy (non-hydrogen) atoms. The summed E-state index contributed by atoms with van der Waals surface area (Å²) in [6.45, 7) is 5.68. The van der Waals surface area contributed by atoms with E-state index in [0.29, 0.717) is 6.54 Å². The molecule has 1 amide bonds. The van der Waals surface area contributed by atoms with Gasteiger partial charge in [-0.2, -0.15) is 0 Å². The van der Waals surface area contributed by atoms with Crippen molar-refractivity contribution in [3.63, 3.8) is 0 Å². The first kappa shape index (κ1) is 19.8. The normalized spacial score (nSPS) is 16.6. The number of aryl methyl sites for hydroxylation is 2. The van der Waals surface area contributed by atoms with Gasteiger partial charge in [0, 0.05) is 35.3 Å². The lowest BCUT2D eigenvalue weighted by Crippen LogP contribution is -2.31. The van der Waals surface area contributed by atoms with Gasteiger partial charge in [-0.05, 0) is 49.6 Å². The second kappa shape index (κ2) is 8.75. The number of carbonyl (C=O) groups is 1. The molecule has 0 saturated carbocycles. The predicted molar refractivity (Wildman–Crippen MR) is 108 cm³/mol. The summed E-state index contributed by atoms with van der Waals surface area (Å²) in [6, 6.07) is 14.6. The SMILES string of the molecule is Cc1ccc(C)c(SCc2cccc(C(=O)N3CC[C@@H](N)C3)c2)c1.Cl. The van der Waals surface area contributed by atoms with Crippen LogP contribution in [0.3, 0.4) is 0 Å². The number of hydrogen-bond donors (Lipinski definition) is 1. The predicted octanol–water partition coefficient (Wildman–Crippen LogP) is 4.19. The summed E-state index contributed by atoms with van der Waals surface area (Å²) in [6.07, 6.45) is 0.897. The maximum atomic E-state index is 12.6. The highest BCUT2D eigenvalue weighted by atomic mass is 35.5. The monoisotopic (exact) mass is 376 g/mol. The minimum atomic E-state index is 0. The summed E-state index contributed by atoms with van der Waals surface area (Å²) in [4.78, 5) is 15.7. The van der Waals surface area contributed by atoms with Crippen molar-refractivity contribution in [3.05, 3.63) is 64.7 Å². The molecule has 2 aromatic rings. The second-order valence-corrected chi connectivity index (χ2v) is 7.58. The van der Waals surface area contributed by atoms with E-state index in [4.69, 9.17) is 5.73 Å². The van der Waals surface area contributed by atoms with Gasteiger partial charge < -0.3 is 10.6 Å². The molecule has 2 aromatic carbocycles. The van der Waals surface area contributed by atoms with Crippen molar-refractivity contribution < 1.29 is 4.79 Å². The molecule has 2 N–H and O–H groups in total. The Bertz CT molecular complexity index is 750. The van der Waals surface area contributed by atoms with Crippen LogP contribution >= 0.6 is 24.2 Å². The van der Waals surface area contributed by atoms with Gasteiger partial charge in [-0.3, -0.25) is 4.79 Å². The number of nitrogens with two attached hydrogens (primary N) is 1. The summed E-state index contributed by atoms with van der Waals surface area (Å²) in [5, 5.41) is 0. The van der Waals surface area contributed by atoms with E-state index in [1.54, 1.807) is 0 Å². The van der Waals surface area contributed by atoms with Crippen LogP contribution in [-0.2, 0) is 5.75 Å². The maximum Gasteiger partial charge on any atom is 0.253 e. The van der Waals surface area contributed by atoms with E-state index in [0.717, 1.165) is 24.3 Å². The number of thioether (sulfide) groups is 1. The Morgan fingerprint density at radius 1 is 1.24 bits per heavy atom. The highest BCUT2D eigenvalue weighted by Crippen LogP contribution is 2.27. The van der Waals surface area contributed by atoms with E-state index in [-0.39, 0.29) is 24.4 Å². The van der Waals surface area contributed by atoms with Crippen molar-refractivity contribution in [2.75, 3.05) is 13.1 Å². The number of hydrogen-bond acceptors (Lipinski definition) is 3. The van der Waals surface area contributed by atoms with Crippen LogP contribution in [0.1, 0.15) is 33.5 Å².